The van der Waals surface area contributed by atoms with E-state index in [0.29, 0.717) is 37.3 Å². The molecule has 0 amide bonds. The second-order valence-corrected chi connectivity index (χ2v) is 13.1. The number of nitrogens with zero attached hydrogens (tertiary/aromatic N) is 2. The van der Waals surface area contributed by atoms with Crippen molar-refractivity contribution < 1.29 is 84.8 Å². The zero-order valence-corrected chi connectivity index (χ0v) is 29.2. The largest absolute Gasteiger partial charge is 0.496 e. The summed E-state index contributed by atoms with van der Waals surface area (Å²) < 4.78 is 235. The first-order valence-electron chi connectivity index (χ1n) is 16.6. The molecule has 0 spiro atoms. The number of epoxide rings is 2. The van der Waals surface area contributed by atoms with Crippen molar-refractivity contribution in [2.75, 3.05) is 20.3 Å². The Morgan fingerprint density at radius 3 is 1.40 bits per heavy atom. The minimum atomic E-state index is -6.09. The monoisotopic (exact) mass is 840 g/mol. The van der Waals surface area contributed by atoms with Crippen LogP contribution in [0.3, 0.4) is 0 Å². The Labute approximate surface area is 316 Å². The lowest BCUT2D eigenvalue weighted by Crippen LogP contribution is -2.54. The van der Waals surface area contributed by atoms with Gasteiger partial charge in [-0.1, -0.05) is 24.3 Å². The van der Waals surface area contributed by atoms with Crippen LogP contribution in [0, 0.1) is 53.5 Å². The number of aromatic nitrogens is 2. The maximum Gasteiger partial charge on any atom is 0.411 e. The van der Waals surface area contributed by atoms with Gasteiger partial charge in [-0.15, -0.1) is 10.2 Å². The number of alkyl halides is 6. The Balaban J connectivity index is 1.32. The van der Waals surface area contributed by atoms with E-state index >= 15 is 43.9 Å². The van der Waals surface area contributed by atoms with Gasteiger partial charge in [-0.05, 0) is 41.3 Å². The molecule has 4 aromatic carbocycles. The summed E-state index contributed by atoms with van der Waals surface area (Å²) >= 11 is 0. The molecule has 2 aliphatic heterocycles. The molecule has 7 nitrogen and oxygen atoms in total. The van der Waals surface area contributed by atoms with Crippen LogP contribution in [0.25, 0.3) is 22.9 Å². The minimum absolute atomic E-state index is 0.0123. The molecule has 0 aliphatic carbocycles. The molecule has 3 heterocycles. The van der Waals surface area contributed by atoms with Crippen LogP contribution in [0.15, 0.2) is 40.8 Å². The fourth-order valence-corrected chi connectivity index (χ4v) is 6.44. The van der Waals surface area contributed by atoms with Gasteiger partial charge >= 0.3 is 12.4 Å². The molecule has 2 atom stereocenters. The first-order valence-corrected chi connectivity index (χ1v) is 16.6. The summed E-state index contributed by atoms with van der Waals surface area (Å²) in [7, 11) is 1.17. The summed E-state index contributed by atoms with van der Waals surface area (Å²) in [6.45, 7) is 0.849. The molecule has 1 aromatic heterocycles. The number of hydrogen-bond donors (Lipinski definition) is 0. The average molecular weight is 841 g/mol. The van der Waals surface area contributed by atoms with E-state index in [0.717, 1.165) is 6.07 Å². The molecule has 2 fully saturated rings. The molecule has 308 valence electrons. The summed E-state index contributed by atoms with van der Waals surface area (Å²) in [4.78, 5) is 0. The van der Waals surface area contributed by atoms with Crippen LogP contribution in [0.1, 0.15) is 27.8 Å². The van der Waals surface area contributed by atoms with Crippen LogP contribution in [-0.2, 0) is 27.7 Å². The van der Waals surface area contributed by atoms with Gasteiger partial charge in [0.25, 0.3) is 11.8 Å². The number of rotatable bonds is 11. The van der Waals surface area contributed by atoms with Crippen molar-refractivity contribution in [1.82, 2.24) is 10.2 Å². The van der Waals surface area contributed by atoms with Crippen molar-refractivity contribution in [2.24, 2.45) is 0 Å². The molecule has 7 rings (SSSR count). The predicted octanol–water partition coefficient (Wildman–Crippen LogP) is 9.92. The van der Waals surface area contributed by atoms with Gasteiger partial charge in [-0.3, -0.25) is 0 Å². The van der Waals surface area contributed by atoms with Crippen molar-refractivity contribution >= 4 is 0 Å². The minimum Gasteiger partial charge on any atom is -0.496 e. The summed E-state index contributed by atoms with van der Waals surface area (Å²) in [5, 5.41) is 6.13. The van der Waals surface area contributed by atoms with Gasteiger partial charge in [0.1, 0.15) is 22.6 Å². The average Bonchev–Trinajstić information content (AvgIpc) is 4.10. The highest BCUT2D eigenvalue weighted by Crippen LogP contribution is 2.57. The van der Waals surface area contributed by atoms with Gasteiger partial charge in [-0.25, -0.2) is 26.3 Å². The van der Waals surface area contributed by atoms with E-state index in [1.54, 1.807) is 0 Å². The first kappa shape index (κ1) is 40.7. The van der Waals surface area contributed by atoms with Gasteiger partial charge in [0.05, 0.1) is 32.5 Å². The van der Waals surface area contributed by atoms with E-state index in [1.807, 2.05) is 0 Å². The molecule has 0 N–H and O–H groups in total. The first-order chi connectivity index (χ1) is 27.2. The van der Waals surface area contributed by atoms with Gasteiger partial charge in [0.15, 0.2) is 34.9 Å². The van der Waals surface area contributed by atoms with E-state index in [2.05, 4.69) is 10.2 Å². The fourth-order valence-electron chi connectivity index (χ4n) is 6.44. The maximum absolute atomic E-state index is 15.5. The van der Waals surface area contributed by atoms with Crippen LogP contribution in [-0.4, -0.2) is 55.1 Å². The third kappa shape index (κ3) is 6.76. The quantitative estimate of drug-likeness (QED) is 0.0745. The van der Waals surface area contributed by atoms with Crippen molar-refractivity contribution in [3.05, 3.63) is 111 Å². The number of ether oxygens (including phenoxy) is 4. The standard InChI is InChI=1S/C37H22F14N2O5/c1-13-24(38)26(40)22(27(41)25(13)39)33-52-53-34(58-33)23-28(42)30(44)32(31(45)29(23)43)57-21-6-4-17(8-15(21)10-19-12-56-19)35(36(46,47)48,37(49,50)51)16-3-5-20(54-2)14(7-16)9-18-11-55-18/h3-8,18-19H,9-12H2,1-2H3. The van der Waals surface area contributed by atoms with E-state index in [9.17, 15) is 17.6 Å². The lowest BCUT2D eigenvalue weighted by atomic mass is 9.71. The Morgan fingerprint density at radius 2 is 1.00 bits per heavy atom. The Kier molecular flexibility index (Phi) is 10.1. The predicted molar refractivity (Wildman–Crippen MR) is 169 cm³/mol. The summed E-state index contributed by atoms with van der Waals surface area (Å²) in [5.74, 6) is -23.0. The lowest BCUT2D eigenvalue weighted by Gasteiger charge is -2.39. The normalized spacial score (nSPS) is 16.8. The van der Waals surface area contributed by atoms with Crippen molar-refractivity contribution in [1.29, 1.82) is 0 Å². The SMILES string of the molecule is COc1ccc(C(c2ccc(Oc3c(F)c(F)c(-c4nnc(-c5c(F)c(F)c(C)c(F)c5F)o4)c(F)c3F)c(CC3CO3)c2)(C(F)(F)F)C(F)(F)F)cc1CC1CO1. The van der Waals surface area contributed by atoms with Gasteiger partial charge in [0, 0.05) is 18.4 Å². The van der Waals surface area contributed by atoms with Gasteiger partial charge in [0.2, 0.25) is 22.8 Å². The van der Waals surface area contributed by atoms with E-state index < -0.39 is 140 Å². The third-order valence-electron chi connectivity index (χ3n) is 9.53. The number of benzene rings is 4. The topological polar surface area (TPSA) is 82.4 Å². The second-order valence-electron chi connectivity index (χ2n) is 13.1. The van der Waals surface area contributed by atoms with Crippen LogP contribution in [0.5, 0.6) is 17.2 Å². The highest BCUT2D eigenvalue weighted by Gasteiger charge is 2.72. The molecule has 2 unspecified atom stereocenters. The molecule has 21 heteroatoms. The maximum atomic E-state index is 15.5. The van der Waals surface area contributed by atoms with Gasteiger partial charge in [-0.2, -0.15) is 35.1 Å². The van der Waals surface area contributed by atoms with Crippen LogP contribution >= 0.6 is 0 Å². The van der Waals surface area contributed by atoms with Crippen LogP contribution < -0.4 is 9.47 Å². The highest BCUT2D eigenvalue weighted by atomic mass is 19.4. The number of methoxy groups -OCH3 is 1. The van der Waals surface area contributed by atoms with Crippen molar-refractivity contribution in [2.45, 2.75) is 49.7 Å². The molecule has 0 bridgehead atoms. The number of halogens is 14. The third-order valence-corrected chi connectivity index (χ3v) is 9.53. The zero-order chi connectivity index (χ0) is 42.2. The summed E-state index contributed by atoms with van der Waals surface area (Å²) in [6, 6.07) is 3.41. The molecule has 2 aliphatic rings. The second kappa shape index (κ2) is 14.4. The van der Waals surface area contributed by atoms with Crippen molar-refractivity contribution in [3.8, 4) is 40.2 Å². The Morgan fingerprint density at radius 1 is 0.603 bits per heavy atom. The van der Waals surface area contributed by atoms with E-state index in [4.69, 9.17) is 23.4 Å². The molecule has 5 aromatic rings. The Bertz CT molecular complexity index is 2370. The summed E-state index contributed by atoms with van der Waals surface area (Å²) in [5.41, 5.74) is -12.5. The lowest BCUT2D eigenvalue weighted by molar-refractivity contribution is -0.288. The van der Waals surface area contributed by atoms with Crippen LogP contribution in [0.2, 0.25) is 0 Å². The Hall–Kier alpha value is -5.44. The summed E-state index contributed by atoms with van der Waals surface area (Å²) in [6.07, 6.45) is -14.1. The molecule has 0 saturated carbocycles. The van der Waals surface area contributed by atoms with Crippen molar-refractivity contribution in [3.63, 3.8) is 0 Å². The van der Waals surface area contributed by atoms with E-state index in [1.165, 1.54) is 7.11 Å². The van der Waals surface area contributed by atoms with E-state index in [-0.39, 0.29) is 30.9 Å². The zero-order valence-electron chi connectivity index (χ0n) is 29.2. The number of hydrogen-bond acceptors (Lipinski definition) is 7. The molecule has 2 saturated heterocycles. The fraction of sp³-hybridized carbons (Fsp3) is 0.297. The van der Waals surface area contributed by atoms with Crippen LogP contribution in [0.4, 0.5) is 61.5 Å². The smallest absolute Gasteiger partial charge is 0.411 e. The molecule has 58 heavy (non-hydrogen) atoms. The molecular formula is C37H22F14N2O5. The molecule has 0 radical (unpaired) electrons. The van der Waals surface area contributed by atoms with Gasteiger partial charge < -0.3 is 23.4 Å². The molecular weight excluding hydrogens is 818 g/mol. The highest BCUT2D eigenvalue weighted by molar-refractivity contribution is 5.63.